The van der Waals surface area contributed by atoms with Crippen LogP contribution < -0.4 is 4.74 Å². The molecule has 9 heteroatoms. The molecule has 7 rings (SSSR count). The number of piperazine rings is 1. The van der Waals surface area contributed by atoms with Crippen molar-refractivity contribution in [2.75, 3.05) is 32.8 Å². The Morgan fingerprint density at radius 2 is 1.53 bits per heavy atom. The number of thiophene rings is 1. The number of aromatic nitrogens is 2. The quantitative estimate of drug-likeness (QED) is 0.181. The van der Waals surface area contributed by atoms with Crippen LogP contribution in [0.15, 0.2) is 97.2 Å². The summed E-state index contributed by atoms with van der Waals surface area (Å²) in [6.07, 6.45) is 2.20. The molecule has 1 saturated heterocycles. The highest BCUT2D eigenvalue weighted by atomic mass is 35.5. The molecule has 0 radical (unpaired) electrons. The van der Waals surface area contributed by atoms with Gasteiger partial charge in [-0.1, -0.05) is 53.5 Å². The number of carbonyl (C=O) groups excluding carboxylic acids is 1. The number of benzene rings is 3. The number of carbonyl (C=O) groups is 1. The Morgan fingerprint density at radius 1 is 0.837 bits per heavy atom. The van der Waals surface area contributed by atoms with E-state index in [9.17, 15) is 4.79 Å². The van der Waals surface area contributed by atoms with Gasteiger partial charge in [-0.15, -0.1) is 11.3 Å². The molecule has 1 fully saturated rings. The lowest BCUT2D eigenvalue weighted by Gasteiger charge is -2.34. The van der Waals surface area contributed by atoms with E-state index in [-0.39, 0.29) is 12.5 Å². The van der Waals surface area contributed by atoms with Crippen LogP contribution in [0, 0.1) is 0 Å². The number of pyridine rings is 1. The minimum Gasteiger partial charge on any atom is -0.484 e. The lowest BCUT2D eigenvalue weighted by Crippen LogP contribution is -2.49. The van der Waals surface area contributed by atoms with Crippen molar-refractivity contribution >= 4 is 56.2 Å². The molecule has 6 nitrogen and oxygen atoms in total. The lowest BCUT2D eigenvalue weighted by atomic mass is 10.1. The Hall–Kier alpha value is -3.88. The van der Waals surface area contributed by atoms with Gasteiger partial charge in [-0.2, -0.15) is 0 Å². The number of fused-ring (bicyclic) bond motifs is 2. The monoisotopic (exact) mass is 626 g/mol. The molecule has 43 heavy (non-hydrogen) atoms. The Labute approximate surface area is 263 Å². The number of halogens is 2. The number of hydrogen-bond donors (Lipinski definition) is 0. The number of ether oxygens (including phenoxy) is 1. The van der Waals surface area contributed by atoms with E-state index < -0.39 is 0 Å². The van der Waals surface area contributed by atoms with Crippen molar-refractivity contribution in [2.45, 2.75) is 6.54 Å². The van der Waals surface area contributed by atoms with Gasteiger partial charge in [0.15, 0.2) is 6.61 Å². The third kappa shape index (κ3) is 5.99. The largest absolute Gasteiger partial charge is 0.484 e. The summed E-state index contributed by atoms with van der Waals surface area (Å²) in [7, 11) is 0. The van der Waals surface area contributed by atoms with E-state index in [2.05, 4.69) is 58.0 Å². The molecule has 1 aliphatic rings. The van der Waals surface area contributed by atoms with Crippen molar-refractivity contribution in [1.29, 1.82) is 0 Å². The third-order valence-electron chi connectivity index (χ3n) is 7.82. The zero-order valence-electron chi connectivity index (χ0n) is 23.2. The highest BCUT2D eigenvalue weighted by molar-refractivity contribution is 7.22. The van der Waals surface area contributed by atoms with Gasteiger partial charge in [-0.3, -0.25) is 9.69 Å². The molecule has 0 bridgehead atoms. The van der Waals surface area contributed by atoms with E-state index in [0.717, 1.165) is 41.3 Å². The molecule has 3 aromatic heterocycles. The standard InChI is InChI=1S/C34H28Cl2N4O2S/c35-26-8-5-23(6-9-26)34-29(21-38-15-17-39(18-16-38)33(41)22-42-28-12-10-27(36)11-13-28)40-20-25(7-14-32(40)37-34)31-19-24-3-1-2-4-30(24)43-31/h1-14,19-20H,15-18,21-22H2. The van der Waals surface area contributed by atoms with Crippen LogP contribution in [0.2, 0.25) is 10.0 Å². The van der Waals surface area contributed by atoms with Crippen LogP contribution in [-0.2, 0) is 11.3 Å². The first-order valence-electron chi connectivity index (χ1n) is 14.1. The van der Waals surface area contributed by atoms with Gasteiger partial charge in [-0.25, -0.2) is 4.98 Å². The average molecular weight is 628 g/mol. The highest BCUT2D eigenvalue weighted by Crippen LogP contribution is 2.35. The SMILES string of the molecule is O=C(COc1ccc(Cl)cc1)N1CCN(Cc2c(-c3ccc(Cl)cc3)nc3ccc(-c4cc5ccccc5s4)cn23)CC1. The number of imidazole rings is 1. The maximum atomic E-state index is 12.9. The first-order chi connectivity index (χ1) is 21.0. The number of amides is 1. The fraction of sp³-hybridized carbons (Fsp3) is 0.176. The molecular weight excluding hydrogens is 599 g/mol. The molecule has 0 N–H and O–H groups in total. The van der Waals surface area contributed by atoms with Gasteiger partial charge >= 0.3 is 0 Å². The summed E-state index contributed by atoms with van der Waals surface area (Å²) >= 11 is 14.0. The van der Waals surface area contributed by atoms with E-state index in [1.165, 1.54) is 15.0 Å². The second kappa shape index (κ2) is 12.0. The minimum absolute atomic E-state index is 0.0100. The van der Waals surface area contributed by atoms with Crippen molar-refractivity contribution in [3.8, 4) is 27.4 Å². The van der Waals surface area contributed by atoms with E-state index in [1.54, 1.807) is 35.6 Å². The summed E-state index contributed by atoms with van der Waals surface area (Å²) in [5, 5.41) is 2.58. The topological polar surface area (TPSA) is 50.1 Å². The Bertz CT molecular complexity index is 1880. The van der Waals surface area contributed by atoms with E-state index in [1.807, 2.05) is 29.2 Å². The first-order valence-corrected chi connectivity index (χ1v) is 15.7. The van der Waals surface area contributed by atoms with Gasteiger partial charge < -0.3 is 14.0 Å². The summed E-state index contributed by atoms with van der Waals surface area (Å²) in [6.45, 7) is 3.52. The first kappa shape index (κ1) is 27.9. The van der Waals surface area contributed by atoms with Crippen LogP contribution in [0.3, 0.4) is 0 Å². The predicted octanol–water partition coefficient (Wildman–Crippen LogP) is 7.91. The van der Waals surface area contributed by atoms with Crippen molar-refractivity contribution < 1.29 is 9.53 Å². The summed E-state index contributed by atoms with van der Waals surface area (Å²) < 4.78 is 9.19. The maximum absolute atomic E-state index is 12.9. The van der Waals surface area contributed by atoms with E-state index >= 15 is 0 Å². The fourth-order valence-electron chi connectivity index (χ4n) is 5.49. The summed E-state index contributed by atoms with van der Waals surface area (Å²) in [5.41, 5.74) is 5.15. The predicted molar refractivity (Wildman–Crippen MR) is 175 cm³/mol. The van der Waals surface area contributed by atoms with Gasteiger partial charge in [0.2, 0.25) is 0 Å². The normalized spacial score (nSPS) is 14.0. The van der Waals surface area contributed by atoms with Gasteiger partial charge in [0, 0.05) is 69.7 Å². The Morgan fingerprint density at radius 3 is 2.28 bits per heavy atom. The zero-order valence-corrected chi connectivity index (χ0v) is 25.6. The zero-order chi connectivity index (χ0) is 29.3. The minimum atomic E-state index is -0.0146. The second-order valence-corrected chi connectivity index (χ2v) is 12.6. The average Bonchev–Trinajstić information content (AvgIpc) is 3.63. The van der Waals surface area contributed by atoms with Crippen LogP contribution in [0.1, 0.15) is 5.69 Å². The van der Waals surface area contributed by atoms with Crippen LogP contribution in [-0.4, -0.2) is 57.9 Å². The van der Waals surface area contributed by atoms with Crippen molar-refractivity contribution in [2.24, 2.45) is 0 Å². The van der Waals surface area contributed by atoms with Crippen LogP contribution in [0.25, 0.3) is 37.4 Å². The Balaban J connectivity index is 1.12. The van der Waals surface area contributed by atoms with Gasteiger partial charge in [0.05, 0.1) is 11.4 Å². The molecule has 0 atom stereocenters. The number of hydrogen-bond acceptors (Lipinski definition) is 5. The third-order valence-corrected chi connectivity index (χ3v) is 9.49. The van der Waals surface area contributed by atoms with E-state index in [4.69, 9.17) is 32.9 Å². The maximum Gasteiger partial charge on any atom is 0.260 e. The smallest absolute Gasteiger partial charge is 0.260 e. The van der Waals surface area contributed by atoms with Crippen molar-refractivity contribution in [3.05, 3.63) is 113 Å². The van der Waals surface area contributed by atoms with Crippen molar-refractivity contribution in [1.82, 2.24) is 19.2 Å². The molecule has 4 heterocycles. The van der Waals surface area contributed by atoms with Crippen molar-refractivity contribution in [3.63, 3.8) is 0 Å². The van der Waals surface area contributed by atoms with Gasteiger partial charge in [-0.05, 0) is 66.0 Å². The molecule has 6 aromatic rings. The molecule has 0 saturated carbocycles. The van der Waals surface area contributed by atoms with Crippen LogP contribution in [0.5, 0.6) is 5.75 Å². The van der Waals surface area contributed by atoms with Gasteiger partial charge in [0.25, 0.3) is 5.91 Å². The summed E-state index contributed by atoms with van der Waals surface area (Å²) in [4.78, 5) is 23.4. The van der Waals surface area contributed by atoms with Crippen LogP contribution in [0.4, 0.5) is 0 Å². The number of nitrogens with zero attached hydrogens (tertiary/aromatic N) is 4. The highest BCUT2D eigenvalue weighted by Gasteiger charge is 2.24. The second-order valence-electron chi connectivity index (χ2n) is 10.6. The fourth-order valence-corrected chi connectivity index (χ4v) is 6.79. The number of rotatable bonds is 7. The summed E-state index contributed by atoms with van der Waals surface area (Å²) in [6, 6.07) is 29.9. The van der Waals surface area contributed by atoms with E-state index in [0.29, 0.717) is 35.4 Å². The Kier molecular flexibility index (Phi) is 7.80. The molecular formula is C34H28Cl2N4O2S. The molecule has 216 valence electrons. The molecule has 1 amide bonds. The van der Waals surface area contributed by atoms with Crippen LogP contribution >= 0.6 is 34.5 Å². The lowest BCUT2D eigenvalue weighted by molar-refractivity contribution is -0.135. The molecule has 0 aliphatic carbocycles. The molecule has 0 unspecified atom stereocenters. The molecule has 0 spiro atoms. The summed E-state index contributed by atoms with van der Waals surface area (Å²) in [5.74, 6) is 0.618. The molecule has 1 aliphatic heterocycles. The van der Waals surface area contributed by atoms with Gasteiger partial charge in [0.1, 0.15) is 11.4 Å². The molecule has 3 aromatic carbocycles.